The zero-order valence-corrected chi connectivity index (χ0v) is 13.8. The number of hydrogen-bond donors (Lipinski definition) is 0. The molecule has 2 bridgehead atoms. The monoisotopic (exact) mass is 285 g/mol. The molecule has 2 nitrogen and oxygen atoms in total. The molecule has 0 radical (unpaired) electrons. The first-order chi connectivity index (χ1) is 9.99. The van der Waals surface area contributed by atoms with Crippen LogP contribution in [0.1, 0.15) is 32.4 Å². The van der Waals surface area contributed by atoms with Gasteiger partial charge in [0.1, 0.15) is 0 Å². The predicted molar refractivity (Wildman–Crippen MR) is 88.5 cm³/mol. The Kier molecular flexibility index (Phi) is 3.83. The molecule has 1 heterocycles. The zero-order chi connectivity index (χ0) is 15.1. The molecule has 5 atom stereocenters. The summed E-state index contributed by atoms with van der Waals surface area (Å²) in [5, 5.41) is 0. The van der Waals surface area contributed by atoms with Crippen LogP contribution in [-0.2, 0) is 4.74 Å². The molecule has 0 unspecified atom stereocenters. The molecule has 1 aromatic rings. The lowest BCUT2D eigenvalue weighted by Crippen LogP contribution is -2.42. The Labute approximate surface area is 128 Å². The quantitative estimate of drug-likeness (QED) is 0.752. The van der Waals surface area contributed by atoms with E-state index in [9.17, 15) is 0 Å². The van der Waals surface area contributed by atoms with Gasteiger partial charge < -0.3 is 9.64 Å². The summed E-state index contributed by atoms with van der Waals surface area (Å²) >= 11 is 0. The fourth-order valence-electron chi connectivity index (χ4n) is 4.21. The Morgan fingerprint density at radius 3 is 2.38 bits per heavy atom. The lowest BCUT2D eigenvalue weighted by Gasteiger charge is -2.47. The minimum Gasteiger partial charge on any atom is -0.378 e. The second-order valence-corrected chi connectivity index (χ2v) is 7.06. The maximum atomic E-state index is 6.29. The van der Waals surface area contributed by atoms with Crippen molar-refractivity contribution in [2.24, 2.45) is 23.7 Å². The smallest absolute Gasteiger partial charge is 0.0892 e. The average Bonchev–Trinajstić information content (AvgIpc) is 2.44. The molecule has 0 saturated carbocycles. The van der Waals surface area contributed by atoms with Crippen LogP contribution in [0.5, 0.6) is 0 Å². The van der Waals surface area contributed by atoms with Gasteiger partial charge in [0.2, 0.25) is 0 Å². The van der Waals surface area contributed by atoms with Gasteiger partial charge in [0.05, 0.1) is 12.7 Å². The van der Waals surface area contributed by atoms with Crippen molar-refractivity contribution in [3.05, 3.63) is 41.5 Å². The van der Waals surface area contributed by atoms with Crippen LogP contribution in [0.3, 0.4) is 0 Å². The summed E-state index contributed by atoms with van der Waals surface area (Å²) in [4.78, 5) is 2.14. The number of benzene rings is 1. The first-order valence-electron chi connectivity index (χ1n) is 8.06. The Hall–Kier alpha value is -1.28. The summed E-state index contributed by atoms with van der Waals surface area (Å²) < 4.78 is 6.29. The van der Waals surface area contributed by atoms with E-state index in [1.165, 1.54) is 16.8 Å². The maximum Gasteiger partial charge on any atom is 0.0892 e. The van der Waals surface area contributed by atoms with E-state index in [0.717, 1.165) is 6.61 Å². The molecule has 0 N–H and O–H groups in total. The number of ether oxygens (including phenoxy) is 1. The van der Waals surface area contributed by atoms with Crippen LogP contribution in [0.25, 0.3) is 0 Å². The molecule has 1 saturated heterocycles. The van der Waals surface area contributed by atoms with Crippen molar-refractivity contribution in [2.45, 2.75) is 26.9 Å². The topological polar surface area (TPSA) is 12.5 Å². The van der Waals surface area contributed by atoms with Crippen molar-refractivity contribution in [3.8, 4) is 0 Å². The number of anilines is 1. The van der Waals surface area contributed by atoms with E-state index >= 15 is 0 Å². The van der Waals surface area contributed by atoms with Gasteiger partial charge in [-0.1, -0.05) is 37.6 Å². The summed E-state index contributed by atoms with van der Waals surface area (Å²) in [5.41, 5.74) is 4.07. The van der Waals surface area contributed by atoms with Gasteiger partial charge in [0, 0.05) is 25.7 Å². The Bertz CT molecular complexity index is 531. The fraction of sp³-hybridized carbons (Fsp3) is 0.579. The van der Waals surface area contributed by atoms with Gasteiger partial charge in [0.15, 0.2) is 0 Å². The molecule has 0 aromatic heterocycles. The van der Waals surface area contributed by atoms with Gasteiger partial charge >= 0.3 is 0 Å². The molecule has 3 rings (SSSR count). The number of rotatable bonds is 2. The van der Waals surface area contributed by atoms with Crippen molar-refractivity contribution in [2.75, 3.05) is 25.6 Å². The van der Waals surface area contributed by atoms with Crippen LogP contribution < -0.4 is 4.90 Å². The molecule has 0 amide bonds. The van der Waals surface area contributed by atoms with Crippen LogP contribution in [0.15, 0.2) is 35.9 Å². The Morgan fingerprint density at radius 1 is 1.10 bits per heavy atom. The van der Waals surface area contributed by atoms with E-state index in [-0.39, 0.29) is 6.10 Å². The van der Waals surface area contributed by atoms with E-state index in [4.69, 9.17) is 4.74 Å². The highest BCUT2D eigenvalue weighted by Gasteiger charge is 2.43. The molecular weight excluding hydrogens is 258 g/mol. The summed E-state index contributed by atoms with van der Waals surface area (Å²) in [5.74, 6) is 2.56. The van der Waals surface area contributed by atoms with Gasteiger partial charge in [-0.05, 0) is 42.4 Å². The molecule has 1 aromatic carbocycles. The summed E-state index contributed by atoms with van der Waals surface area (Å²) in [6, 6.07) is 8.86. The molecule has 1 aliphatic carbocycles. The molecule has 2 aliphatic rings. The van der Waals surface area contributed by atoms with E-state index in [2.05, 4.69) is 70.1 Å². The van der Waals surface area contributed by atoms with E-state index in [1.54, 1.807) is 0 Å². The highest BCUT2D eigenvalue weighted by molar-refractivity contribution is 5.46. The fourth-order valence-corrected chi connectivity index (χ4v) is 4.21. The van der Waals surface area contributed by atoms with E-state index < -0.39 is 0 Å². The van der Waals surface area contributed by atoms with Gasteiger partial charge in [-0.3, -0.25) is 0 Å². The van der Waals surface area contributed by atoms with Crippen LogP contribution in [0.4, 0.5) is 5.69 Å². The van der Waals surface area contributed by atoms with Crippen molar-refractivity contribution >= 4 is 5.69 Å². The second-order valence-electron chi connectivity index (χ2n) is 7.06. The van der Waals surface area contributed by atoms with Gasteiger partial charge in [-0.15, -0.1) is 0 Å². The number of allylic oxidation sites excluding steroid dienone is 1. The molecule has 1 aliphatic heterocycles. The zero-order valence-electron chi connectivity index (χ0n) is 13.8. The van der Waals surface area contributed by atoms with Crippen molar-refractivity contribution in [1.82, 2.24) is 0 Å². The number of hydrogen-bond acceptors (Lipinski definition) is 2. The van der Waals surface area contributed by atoms with Crippen LogP contribution in [0.2, 0.25) is 0 Å². The standard InChI is InChI=1S/C19H27NO/c1-12-10-13(2)18-14(3)17(12)11-21-19(18)15-6-8-16(9-7-15)20(4)5/h6-10,12,14,17-19H,11H2,1-5H3/t12-,14+,17+,18-,19-/m0/s1. The highest BCUT2D eigenvalue weighted by Crippen LogP contribution is 2.49. The van der Waals surface area contributed by atoms with Gasteiger partial charge in [-0.25, -0.2) is 0 Å². The molecule has 0 spiro atoms. The predicted octanol–water partition coefficient (Wildman–Crippen LogP) is 4.29. The molecule has 1 fully saturated rings. The third kappa shape index (κ3) is 2.50. The minimum atomic E-state index is 0.219. The molecule has 21 heavy (non-hydrogen) atoms. The molecule has 114 valence electrons. The first-order valence-corrected chi connectivity index (χ1v) is 8.06. The largest absolute Gasteiger partial charge is 0.378 e. The summed E-state index contributed by atoms with van der Waals surface area (Å²) in [6.07, 6.45) is 2.69. The lowest BCUT2D eigenvalue weighted by molar-refractivity contribution is -0.0934. The second kappa shape index (κ2) is 5.49. The molecular formula is C19H27NO. The molecule has 2 heteroatoms. The number of nitrogens with zero attached hydrogens (tertiary/aromatic N) is 1. The lowest BCUT2D eigenvalue weighted by atomic mass is 9.64. The van der Waals surface area contributed by atoms with E-state index in [0.29, 0.717) is 23.7 Å². The number of fused-ring (bicyclic) bond motifs is 2. The van der Waals surface area contributed by atoms with Gasteiger partial charge in [-0.2, -0.15) is 0 Å². The van der Waals surface area contributed by atoms with Crippen LogP contribution in [0, 0.1) is 23.7 Å². The Morgan fingerprint density at radius 2 is 1.76 bits per heavy atom. The average molecular weight is 285 g/mol. The van der Waals surface area contributed by atoms with Crippen molar-refractivity contribution in [3.63, 3.8) is 0 Å². The third-order valence-corrected chi connectivity index (χ3v) is 5.50. The summed E-state index contributed by atoms with van der Waals surface area (Å²) in [7, 11) is 4.16. The maximum absolute atomic E-state index is 6.29. The van der Waals surface area contributed by atoms with Gasteiger partial charge in [0.25, 0.3) is 0 Å². The van der Waals surface area contributed by atoms with Crippen LogP contribution >= 0.6 is 0 Å². The third-order valence-electron chi connectivity index (χ3n) is 5.50. The van der Waals surface area contributed by atoms with Crippen LogP contribution in [-0.4, -0.2) is 20.7 Å². The highest BCUT2D eigenvalue weighted by atomic mass is 16.5. The minimum absolute atomic E-state index is 0.219. The normalized spacial score (nSPS) is 35.3. The SMILES string of the molecule is CC1=C[C@H](C)[C@H]2CO[C@@H](c3ccc(N(C)C)cc3)[C@@H]1[C@@H]2C. The summed E-state index contributed by atoms with van der Waals surface area (Å²) in [6.45, 7) is 7.91. The Balaban J connectivity index is 1.90. The first kappa shape index (κ1) is 14.6. The van der Waals surface area contributed by atoms with Crippen molar-refractivity contribution < 1.29 is 4.74 Å². The van der Waals surface area contributed by atoms with Crippen molar-refractivity contribution in [1.29, 1.82) is 0 Å². The van der Waals surface area contributed by atoms with E-state index in [1.807, 2.05) is 0 Å².